The van der Waals surface area contributed by atoms with Crippen molar-refractivity contribution in [1.82, 2.24) is 9.55 Å². The maximum absolute atomic E-state index is 12.6. The highest BCUT2D eigenvalue weighted by Gasteiger charge is 2.09. The van der Waals surface area contributed by atoms with Crippen molar-refractivity contribution in [2.24, 2.45) is 0 Å². The lowest BCUT2D eigenvalue weighted by atomic mass is 10.1. The van der Waals surface area contributed by atoms with Crippen molar-refractivity contribution in [3.8, 4) is 0 Å². The second-order valence-electron chi connectivity index (χ2n) is 6.63. The summed E-state index contributed by atoms with van der Waals surface area (Å²) in [6, 6.07) is 11.5. The number of benzene rings is 2. The van der Waals surface area contributed by atoms with E-state index in [9.17, 15) is 9.59 Å². The number of anilines is 1. The number of amides is 1. The van der Waals surface area contributed by atoms with Crippen LogP contribution in [0.1, 0.15) is 29.5 Å². The van der Waals surface area contributed by atoms with Gasteiger partial charge in [-0.15, -0.1) is 0 Å². The molecule has 0 radical (unpaired) electrons. The van der Waals surface area contributed by atoms with E-state index < -0.39 is 0 Å². The number of hydrogen-bond acceptors (Lipinski definition) is 3. The van der Waals surface area contributed by atoms with Gasteiger partial charge in [0.2, 0.25) is 5.91 Å². The summed E-state index contributed by atoms with van der Waals surface area (Å²) in [5.74, 6) is -0.0416. The summed E-state index contributed by atoms with van der Waals surface area (Å²) in [6.07, 6.45) is 2.50. The molecule has 0 unspecified atom stereocenters. The van der Waals surface area contributed by atoms with E-state index in [0.717, 1.165) is 27.9 Å². The highest BCUT2D eigenvalue weighted by molar-refractivity contribution is 5.92. The molecule has 2 aromatic carbocycles. The molecule has 0 aliphatic heterocycles. The Kier molecular flexibility index (Phi) is 5.16. The SMILES string of the molecule is Cc1cccc(C)c1NC(=O)CCCn1cnc2c(C)cccc2c1=O. The van der Waals surface area contributed by atoms with Crippen molar-refractivity contribution < 1.29 is 4.79 Å². The molecule has 26 heavy (non-hydrogen) atoms. The fourth-order valence-electron chi connectivity index (χ4n) is 3.12. The van der Waals surface area contributed by atoms with Gasteiger partial charge < -0.3 is 5.32 Å². The summed E-state index contributed by atoms with van der Waals surface area (Å²) < 4.78 is 1.58. The summed E-state index contributed by atoms with van der Waals surface area (Å²) in [4.78, 5) is 29.2. The molecule has 134 valence electrons. The predicted octanol–water partition coefficient (Wildman–Crippen LogP) is 3.74. The molecule has 0 bridgehead atoms. The Hall–Kier alpha value is -2.95. The Morgan fingerprint density at radius 3 is 2.42 bits per heavy atom. The van der Waals surface area contributed by atoms with Gasteiger partial charge in [-0.05, 0) is 49.9 Å². The Bertz CT molecular complexity index is 1000. The number of rotatable bonds is 5. The van der Waals surface area contributed by atoms with Gasteiger partial charge in [-0.1, -0.05) is 30.3 Å². The predicted molar refractivity (Wildman–Crippen MR) is 105 cm³/mol. The minimum atomic E-state index is -0.0612. The van der Waals surface area contributed by atoms with E-state index in [0.29, 0.717) is 24.8 Å². The summed E-state index contributed by atoms with van der Waals surface area (Å²) in [5, 5.41) is 3.59. The summed E-state index contributed by atoms with van der Waals surface area (Å²) in [7, 11) is 0. The first-order valence-corrected chi connectivity index (χ1v) is 8.78. The molecule has 0 saturated heterocycles. The van der Waals surface area contributed by atoms with Crippen LogP contribution in [0.3, 0.4) is 0 Å². The van der Waals surface area contributed by atoms with Crippen LogP contribution in [-0.2, 0) is 11.3 Å². The van der Waals surface area contributed by atoms with Crippen LogP contribution in [0.5, 0.6) is 0 Å². The second kappa shape index (κ2) is 7.52. The van der Waals surface area contributed by atoms with Crippen LogP contribution in [0.25, 0.3) is 10.9 Å². The van der Waals surface area contributed by atoms with Crippen molar-refractivity contribution in [1.29, 1.82) is 0 Å². The number of nitrogens with zero attached hydrogens (tertiary/aromatic N) is 2. The summed E-state index contributed by atoms with van der Waals surface area (Å²) in [5.41, 5.74) is 4.62. The van der Waals surface area contributed by atoms with Crippen molar-refractivity contribution >= 4 is 22.5 Å². The topological polar surface area (TPSA) is 64.0 Å². The first kappa shape index (κ1) is 17.9. The van der Waals surface area contributed by atoms with E-state index >= 15 is 0 Å². The van der Waals surface area contributed by atoms with E-state index in [-0.39, 0.29) is 11.5 Å². The maximum Gasteiger partial charge on any atom is 0.261 e. The quantitative estimate of drug-likeness (QED) is 0.763. The fourth-order valence-corrected chi connectivity index (χ4v) is 3.12. The third-order valence-electron chi connectivity index (χ3n) is 4.60. The van der Waals surface area contributed by atoms with Crippen molar-refractivity contribution in [3.63, 3.8) is 0 Å². The zero-order valence-electron chi connectivity index (χ0n) is 15.4. The third-order valence-corrected chi connectivity index (χ3v) is 4.60. The van der Waals surface area contributed by atoms with Crippen LogP contribution >= 0.6 is 0 Å². The second-order valence-corrected chi connectivity index (χ2v) is 6.63. The number of nitrogens with one attached hydrogen (secondary N) is 1. The van der Waals surface area contributed by atoms with E-state index in [1.54, 1.807) is 17.0 Å². The average Bonchev–Trinajstić information content (AvgIpc) is 2.61. The van der Waals surface area contributed by atoms with E-state index in [1.807, 2.05) is 51.1 Å². The van der Waals surface area contributed by atoms with Crippen molar-refractivity contribution in [2.45, 2.75) is 40.2 Å². The zero-order chi connectivity index (χ0) is 18.7. The molecule has 5 heteroatoms. The number of carbonyl (C=O) groups is 1. The summed E-state index contributed by atoms with van der Waals surface area (Å²) in [6.45, 7) is 6.36. The smallest absolute Gasteiger partial charge is 0.261 e. The normalized spacial score (nSPS) is 10.9. The molecule has 0 aliphatic carbocycles. The van der Waals surface area contributed by atoms with Crippen LogP contribution in [0.15, 0.2) is 47.5 Å². The van der Waals surface area contributed by atoms with Crippen LogP contribution in [-0.4, -0.2) is 15.5 Å². The molecule has 0 atom stereocenters. The van der Waals surface area contributed by atoms with Gasteiger partial charge in [-0.2, -0.15) is 0 Å². The van der Waals surface area contributed by atoms with E-state index in [4.69, 9.17) is 0 Å². The molecule has 0 saturated carbocycles. The average molecular weight is 349 g/mol. The summed E-state index contributed by atoms with van der Waals surface area (Å²) >= 11 is 0. The standard InChI is InChI=1S/C21H23N3O2/c1-14-7-4-8-15(2)19(14)23-18(25)11-6-12-24-13-22-20-16(3)9-5-10-17(20)21(24)26/h4-5,7-10,13H,6,11-12H2,1-3H3,(H,23,25). The molecule has 0 aliphatic rings. The molecule has 1 heterocycles. The monoisotopic (exact) mass is 349 g/mol. The molecule has 1 aromatic heterocycles. The Morgan fingerprint density at radius 2 is 1.69 bits per heavy atom. The largest absolute Gasteiger partial charge is 0.326 e. The molecule has 3 rings (SSSR count). The molecule has 1 amide bonds. The lowest BCUT2D eigenvalue weighted by Gasteiger charge is -2.12. The lowest BCUT2D eigenvalue weighted by molar-refractivity contribution is -0.116. The third kappa shape index (κ3) is 3.67. The van der Waals surface area contributed by atoms with Gasteiger partial charge in [0, 0.05) is 18.7 Å². The fraction of sp³-hybridized carbons (Fsp3) is 0.286. The van der Waals surface area contributed by atoms with Crippen LogP contribution in [0.2, 0.25) is 0 Å². The molecular formula is C21H23N3O2. The number of aromatic nitrogens is 2. The lowest BCUT2D eigenvalue weighted by Crippen LogP contribution is -2.22. The molecular weight excluding hydrogens is 326 g/mol. The van der Waals surface area contributed by atoms with Gasteiger partial charge in [0.1, 0.15) is 0 Å². The van der Waals surface area contributed by atoms with Gasteiger partial charge in [-0.3, -0.25) is 14.2 Å². The van der Waals surface area contributed by atoms with Gasteiger partial charge >= 0.3 is 0 Å². The first-order chi connectivity index (χ1) is 12.5. The molecule has 0 spiro atoms. The first-order valence-electron chi connectivity index (χ1n) is 8.78. The number of fused-ring (bicyclic) bond motifs is 1. The molecule has 1 N–H and O–H groups in total. The Labute approximate surface area is 152 Å². The zero-order valence-corrected chi connectivity index (χ0v) is 15.4. The van der Waals surface area contributed by atoms with Gasteiger partial charge in [0.15, 0.2) is 0 Å². The number of carbonyl (C=O) groups excluding carboxylic acids is 1. The van der Waals surface area contributed by atoms with Crippen LogP contribution in [0.4, 0.5) is 5.69 Å². The van der Waals surface area contributed by atoms with Gasteiger partial charge in [-0.25, -0.2) is 4.98 Å². The van der Waals surface area contributed by atoms with E-state index in [1.165, 1.54) is 0 Å². The van der Waals surface area contributed by atoms with Gasteiger partial charge in [0.05, 0.1) is 17.2 Å². The Morgan fingerprint density at radius 1 is 1.04 bits per heavy atom. The highest BCUT2D eigenvalue weighted by Crippen LogP contribution is 2.19. The number of hydrogen-bond donors (Lipinski definition) is 1. The van der Waals surface area contributed by atoms with Crippen molar-refractivity contribution in [2.75, 3.05) is 5.32 Å². The molecule has 0 fully saturated rings. The Balaban J connectivity index is 1.65. The number of aryl methyl sites for hydroxylation is 4. The van der Waals surface area contributed by atoms with Gasteiger partial charge in [0.25, 0.3) is 5.56 Å². The van der Waals surface area contributed by atoms with Crippen molar-refractivity contribution in [3.05, 3.63) is 69.8 Å². The minimum absolute atomic E-state index is 0.0416. The maximum atomic E-state index is 12.6. The minimum Gasteiger partial charge on any atom is -0.326 e. The van der Waals surface area contributed by atoms with Crippen LogP contribution in [0, 0.1) is 20.8 Å². The van der Waals surface area contributed by atoms with E-state index in [2.05, 4.69) is 10.3 Å². The highest BCUT2D eigenvalue weighted by atomic mass is 16.1. The molecule has 3 aromatic rings. The molecule has 5 nitrogen and oxygen atoms in total. The van der Waals surface area contributed by atoms with Crippen LogP contribution < -0.4 is 10.9 Å². The number of para-hydroxylation sites is 2.